The van der Waals surface area contributed by atoms with Gasteiger partial charge in [-0.25, -0.2) is 0 Å². The van der Waals surface area contributed by atoms with E-state index in [4.69, 9.17) is 5.11 Å². The minimum Gasteiger partial charge on any atom is -0.480 e. The van der Waals surface area contributed by atoms with Gasteiger partial charge in [-0.15, -0.1) is 12.4 Å². The van der Waals surface area contributed by atoms with Crippen LogP contribution in [0.2, 0.25) is 0 Å². The van der Waals surface area contributed by atoms with Gasteiger partial charge >= 0.3 is 12.1 Å². The van der Waals surface area contributed by atoms with Crippen molar-refractivity contribution in [1.82, 2.24) is 4.90 Å². The van der Waals surface area contributed by atoms with Crippen LogP contribution in [0.15, 0.2) is 24.3 Å². The van der Waals surface area contributed by atoms with E-state index in [2.05, 4.69) is 0 Å². The molecule has 1 atom stereocenters. The first-order valence-electron chi connectivity index (χ1n) is 7.01. The number of aliphatic carboxylic acids is 1. The Labute approximate surface area is 133 Å². The van der Waals surface area contributed by atoms with Crippen LogP contribution in [0.3, 0.4) is 0 Å². The molecule has 0 spiro atoms. The molecule has 2 rings (SSSR count). The third kappa shape index (κ3) is 4.88. The molecule has 22 heavy (non-hydrogen) atoms. The number of carboxylic acids is 1. The van der Waals surface area contributed by atoms with Gasteiger partial charge in [0.1, 0.15) is 6.04 Å². The minimum atomic E-state index is -4.30. The van der Waals surface area contributed by atoms with Crippen LogP contribution in [0.4, 0.5) is 13.2 Å². The number of halogens is 4. The van der Waals surface area contributed by atoms with Gasteiger partial charge in [0, 0.05) is 0 Å². The van der Waals surface area contributed by atoms with Crippen molar-refractivity contribution in [3.8, 4) is 0 Å². The molecule has 1 aromatic rings. The lowest BCUT2D eigenvalue weighted by Gasteiger charge is -2.20. The molecule has 0 radical (unpaired) electrons. The number of aryl methyl sites for hydroxylation is 1. The molecule has 1 saturated heterocycles. The van der Waals surface area contributed by atoms with Crippen LogP contribution in [0, 0.1) is 0 Å². The molecule has 0 aromatic heterocycles. The van der Waals surface area contributed by atoms with Gasteiger partial charge in [-0.1, -0.05) is 12.1 Å². The van der Waals surface area contributed by atoms with Gasteiger partial charge in [-0.05, 0) is 56.5 Å². The molecule has 0 saturated carbocycles. The van der Waals surface area contributed by atoms with Crippen molar-refractivity contribution in [1.29, 1.82) is 0 Å². The molecule has 1 aliphatic heterocycles. The van der Waals surface area contributed by atoms with Crippen LogP contribution in [0.25, 0.3) is 0 Å². The van der Waals surface area contributed by atoms with Crippen LogP contribution in [0.1, 0.15) is 30.4 Å². The van der Waals surface area contributed by atoms with Gasteiger partial charge in [0.25, 0.3) is 0 Å². The number of carbonyl (C=O) groups is 1. The normalized spacial score (nSPS) is 19.0. The van der Waals surface area contributed by atoms with Crippen molar-refractivity contribution in [2.45, 2.75) is 37.9 Å². The SMILES string of the molecule is Cl.O=C(O)[C@H]1CCCN1CCCc1ccc(C(F)(F)F)cc1. The summed E-state index contributed by atoms with van der Waals surface area (Å²) in [5, 5.41) is 9.06. The maximum atomic E-state index is 12.4. The molecule has 1 aliphatic rings. The summed E-state index contributed by atoms with van der Waals surface area (Å²) in [5.74, 6) is -0.790. The second kappa shape index (κ2) is 7.83. The van der Waals surface area contributed by atoms with E-state index in [0.717, 1.165) is 37.1 Å². The largest absolute Gasteiger partial charge is 0.480 e. The van der Waals surface area contributed by atoms with Crippen molar-refractivity contribution >= 4 is 18.4 Å². The lowest BCUT2D eigenvalue weighted by atomic mass is 10.1. The third-order valence-electron chi connectivity index (χ3n) is 3.84. The van der Waals surface area contributed by atoms with E-state index in [9.17, 15) is 18.0 Å². The Morgan fingerprint density at radius 3 is 2.45 bits per heavy atom. The highest BCUT2D eigenvalue weighted by atomic mass is 35.5. The summed E-state index contributed by atoms with van der Waals surface area (Å²) >= 11 is 0. The summed E-state index contributed by atoms with van der Waals surface area (Å²) in [6, 6.07) is 4.75. The van der Waals surface area contributed by atoms with E-state index in [-0.39, 0.29) is 12.4 Å². The average molecular weight is 338 g/mol. The number of hydrogen-bond donors (Lipinski definition) is 1. The lowest BCUT2D eigenvalue weighted by molar-refractivity contribution is -0.142. The van der Waals surface area contributed by atoms with Crippen molar-refractivity contribution in [2.24, 2.45) is 0 Å². The summed E-state index contributed by atoms with van der Waals surface area (Å²) in [4.78, 5) is 13.0. The maximum Gasteiger partial charge on any atom is 0.416 e. The van der Waals surface area contributed by atoms with Crippen LogP contribution >= 0.6 is 12.4 Å². The Morgan fingerprint density at radius 1 is 1.27 bits per heavy atom. The maximum absolute atomic E-state index is 12.4. The van der Waals surface area contributed by atoms with Crippen LogP contribution in [-0.4, -0.2) is 35.1 Å². The molecule has 1 fully saturated rings. The summed E-state index contributed by atoms with van der Waals surface area (Å²) in [7, 11) is 0. The fourth-order valence-corrected chi connectivity index (χ4v) is 2.72. The molecule has 1 heterocycles. The number of hydrogen-bond acceptors (Lipinski definition) is 2. The Morgan fingerprint density at radius 2 is 1.91 bits per heavy atom. The molecule has 7 heteroatoms. The number of rotatable bonds is 5. The van der Waals surface area contributed by atoms with Gasteiger partial charge in [0.15, 0.2) is 0 Å². The van der Waals surface area contributed by atoms with E-state index in [1.807, 2.05) is 4.90 Å². The van der Waals surface area contributed by atoms with Gasteiger partial charge in [-0.3, -0.25) is 9.69 Å². The van der Waals surface area contributed by atoms with E-state index >= 15 is 0 Å². The van der Waals surface area contributed by atoms with Crippen molar-refractivity contribution in [3.63, 3.8) is 0 Å². The smallest absolute Gasteiger partial charge is 0.416 e. The Bertz CT molecular complexity index is 491. The Balaban J connectivity index is 0.00000242. The molecule has 124 valence electrons. The van der Waals surface area contributed by atoms with Gasteiger partial charge < -0.3 is 5.11 Å². The number of benzene rings is 1. The monoisotopic (exact) mass is 337 g/mol. The molecule has 1 N–H and O–H groups in total. The summed E-state index contributed by atoms with van der Waals surface area (Å²) in [6.45, 7) is 1.45. The summed E-state index contributed by atoms with van der Waals surface area (Å²) in [5.41, 5.74) is 0.200. The quantitative estimate of drug-likeness (QED) is 0.892. The zero-order chi connectivity index (χ0) is 15.5. The first-order valence-corrected chi connectivity index (χ1v) is 7.01. The molecule has 3 nitrogen and oxygen atoms in total. The van der Waals surface area contributed by atoms with Gasteiger partial charge in [-0.2, -0.15) is 13.2 Å². The van der Waals surface area contributed by atoms with E-state index in [1.54, 1.807) is 0 Å². The molecule has 0 aliphatic carbocycles. The first kappa shape index (κ1) is 18.8. The molecule has 0 unspecified atom stereocenters. The second-order valence-corrected chi connectivity index (χ2v) is 5.33. The molecule has 0 bridgehead atoms. The van der Waals surface area contributed by atoms with E-state index in [1.165, 1.54) is 12.1 Å². The second-order valence-electron chi connectivity index (χ2n) is 5.33. The molecular weight excluding hydrogens is 319 g/mol. The average Bonchev–Trinajstić information content (AvgIpc) is 2.87. The van der Waals surface area contributed by atoms with Crippen molar-refractivity contribution in [3.05, 3.63) is 35.4 Å². The van der Waals surface area contributed by atoms with E-state index in [0.29, 0.717) is 19.4 Å². The van der Waals surface area contributed by atoms with Crippen LogP contribution in [-0.2, 0) is 17.4 Å². The predicted molar refractivity (Wildman–Crippen MR) is 79.2 cm³/mol. The highest BCUT2D eigenvalue weighted by Gasteiger charge is 2.30. The molecule has 0 amide bonds. The zero-order valence-corrected chi connectivity index (χ0v) is 12.8. The van der Waals surface area contributed by atoms with Gasteiger partial charge in [0.2, 0.25) is 0 Å². The predicted octanol–water partition coefficient (Wildman–Crippen LogP) is 3.61. The Hall–Kier alpha value is -1.27. The summed E-state index contributed by atoms with van der Waals surface area (Å²) < 4.78 is 37.3. The highest BCUT2D eigenvalue weighted by molar-refractivity contribution is 5.85. The minimum absolute atomic E-state index is 0. The topological polar surface area (TPSA) is 40.5 Å². The number of likely N-dealkylation sites (tertiary alicyclic amines) is 1. The lowest BCUT2D eigenvalue weighted by Crippen LogP contribution is -2.36. The van der Waals surface area contributed by atoms with Crippen molar-refractivity contribution < 1.29 is 23.1 Å². The van der Waals surface area contributed by atoms with Crippen LogP contribution < -0.4 is 0 Å². The standard InChI is InChI=1S/C15H18F3NO2.ClH/c16-15(17,18)12-7-5-11(6-8-12)3-1-9-19-10-2-4-13(19)14(20)21;/h5-8,13H,1-4,9-10H2,(H,20,21);1H/t13-;/m1./s1. The third-order valence-corrected chi connectivity index (χ3v) is 3.84. The molecular formula is C15H19ClF3NO2. The summed E-state index contributed by atoms with van der Waals surface area (Å²) in [6.07, 6.45) is -1.34. The number of carboxylic acid groups (broad SMARTS) is 1. The first-order chi connectivity index (χ1) is 9.88. The van der Waals surface area contributed by atoms with Gasteiger partial charge in [0.05, 0.1) is 5.56 Å². The molecule has 1 aromatic carbocycles. The fraction of sp³-hybridized carbons (Fsp3) is 0.533. The van der Waals surface area contributed by atoms with Crippen molar-refractivity contribution in [2.75, 3.05) is 13.1 Å². The van der Waals surface area contributed by atoms with Crippen LogP contribution in [0.5, 0.6) is 0 Å². The Kier molecular flexibility index (Phi) is 6.68. The number of alkyl halides is 3. The van der Waals surface area contributed by atoms with E-state index < -0.39 is 23.8 Å². The number of nitrogens with zero attached hydrogens (tertiary/aromatic N) is 1. The zero-order valence-electron chi connectivity index (χ0n) is 12.0. The fourth-order valence-electron chi connectivity index (χ4n) is 2.72. The highest BCUT2D eigenvalue weighted by Crippen LogP contribution is 2.29.